The molecule has 1 N–H and O–H groups in total. The molecular formula is C25H29N5O3. The number of benzene rings is 1. The van der Waals surface area contributed by atoms with Gasteiger partial charge in [-0.3, -0.25) is 4.79 Å². The van der Waals surface area contributed by atoms with Crippen LogP contribution in [0.3, 0.4) is 0 Å². The maximum Gasteiger partial charge on any atom is 0.241 e. The number of rotatable bonds is 6. The van der Waals surface area contributed by atoms with Crippen molar-refractivity contribution in [1.29, 1.82) is 0 Å². The minimum absolute atomic E-state index is 0.0886. The van der Waals surface area contributed by atoms with Crippen molar-refractivity contribution >= 4 is 22.6 Å². The van der Waals surface area contributed by atoms with Crippen molar-refractivity contribution in [3.8, 4) is 17.1 Å². The van der Waals surface area contributed by atoms with E-state index in [-0.39, 0.29) is 17.9 Å². The van der Waals surface area contributed by atoms with Gasteiger partial charge in [-0.05, 0) is 38.0 Å². The van der Waals surface area contributed by atoms with Crippen LogP contribution in [0.15, 0.2) is 36.7 Å². The summed E-state index contributed by atoms with van der Waals surface area (Å²) < 4.78 is 14.1. The van der Waals surface area contributed by atoms with E-state index >= 15 is 0 Å². The molecule has 3 aromatic rings. The highest BCUT2D eigenvalue weighted by Gasteiger charge is 2.31. The first-order valence-electron chi connectivity index (χ1n) is 11.9. The van der Waals surface area contributed by atoms with Crippen LogP contribution in [0.2, 0.25) is 0 Å². The summed E-state index contributed by atoms with van der Waals surface area (Å²) in [5, 5.41) is 2.91. The van der Waals surface area contributed by atoms with Crippen molar-refractivity contribution in [2.45, 2.75) is 38.3 Å². The Balaban J connectivity index is 1.33. The second-order valence-corrected chi connectivity index (χ2v) is 9.30. The second-order valence-electron chi connectivity index (χ2n) is 9.30. The Bertz CT molecular complexity index is 1160. The van der Waals surface area contributed by atoms with Gasteiger partial charge in [0.2, 0.25) is 11.8 Å². The van der Waals surface area contributed by atoms with Gasteiger partial charge in [0.15, 0.2) is 0 Å². The molecule has 8 nitrogen and oxygen atoms in total. The normalized spacial score (nSPS) is 21.9. The summed E-state index contributed by atoms with van der Waals surface area (Å²) in [6.07, 6.45) is 4.60. The zero-order valence-corrected chi connectivity index (χ0v) is 18.9. The molecule has 8 heteroatoms. The van der Waals surface area contributed by atoms with E-state index in [2.05, 4.69) is 50.1 Å². The number of pyridine rings is 1. The van der Waals surface area contributed by atoms with Crippen LogP contribution in [0.5, 0.6) is 5.88 Å². The van der Waals surface area contributed by atoms with Crippen LogP contribution in [-0.4, -0.2) is 59.4 Å². The van der Waals surface area contributed by atoms with Crippen LogP contribution >= 0.6 is 0 Å². The minimum Gasteiger partial charge on any atom is -0.473 e. The summed E-state index contributed by atoms with van der Waals surface area (Å²) in [6.45, 7) is 6.04. The number of hydrogen-bond donors (Lipinski definition) is 1. The second kappa shape index (κ2) is 8.33. The van der Waals surface area contributed by atoms with E-state index in [4.69, 9.17) is 14.5 Å². The Kier molecular flexibility index (Phi) is 5.17. The fourth-order valence-electron chi connectivity index (χ4n) is 4.78. The molecule has 1 aromatic carbocycles. The quantitative estimate of drug-likeness (QED) is 0.625. The Morgan fingerprint density at radius 3 is 2.67 bits per heavy atom. The van der Waals surface area contributed by atoms with Gasteiger partial charge in [-0.2, -0.15) is 0 Å². The number of imidazole rings is 1. The maximum absolute atomic E-state index is 11.7. The van der Waals surface area contributed by atoms with E-state index in [0.29, 0.717) is 24.9 Å². The smallest absolute Gasteiger partial charge is 0.241 e. The molecule has 1 amide bonds. The number of morpholine rings is 1. The van der Waals surface area contributed by atoms with E-state index in [9.17, 15) is 4.79 Å². The Hall–Kier alpha value is -3.13. The van der Waals surface area contributed by atoms with Crippen molar-refractivity contribution in [2.75, 3.05) is 37.7 Å². The summed E-state index contributed by atoms with van der Waals surface area (Å²) in [4.78, 5) is 23.7. The standard InChI is InChI=1S/C25H29N5O3/c1-16(18-12-23(31)26-14-18)33-25-24-22(27-15-30(24)20-6-7-20)13-21(28-25)17-2-4-19(5-3-17)29-8-10-32-11-9-29/h2-5,13,15-16,18,20H,6-12,14H2,1H3,(H,26,31). The SMILES string of the molecule is CC(Oc1nc(-c2ccc(N3CCOCC3)cc2)cc2ncn(C3CC3)c12)C1CNC(=O)C1. The number of nitrogens with zero attached hydrogens (tertiary/aromatic N) is 4. The third-order valence-corrected chi connectivity index (χ3v) is 6.97. The summed E-state index contributed by atoms with van der Waals surface area (Å²) in [5.74, 6) is 0.838. The van der Waals surface area contributed by atoms with Crippen LogP contribution in [0.25, 0.3) is 22.3 Å². The van der Waals surface area contributed by atoms with E-state index in [1.54, 1.807) is 0 Å². The first kappa shape index (κ1) is 20.5. The highest BCUT2D eigenvalue weighted by atomic mass is 16.5. The number of nitrogens with one attached hydrogen (secondary N) is 1. The van der Waals surface area contributed by atoms with E-state index in [1.165, 1.54) is 5.69 Å². The van der Waals surface area contributed by atoms with Crippen LogP contribution in [0, 0.1) is 5.92 Å². The number of carbonyl (C=O) groups is 1. The van der Waals surface area contributed by atoms with Crippen molar-refractivity contribution in [1.82, 2.24) is 19.9 Å². The average molecular weight is 448 g/mol. The molecule has 3 aliphatic rings. The number of anilines is 1. The van der Waals surface area contributed by atoms with Gasteiger partial charge in [-0.1, -0.05) is 12.1 Å². The van der Waals surface area contributed by atoms with Gasteiger partial charge < -0.3 is 24.3 Å². The zero-order valence-electron chi connectivity index (χ0n) is 18.9. The molecule has 2 aromatic heterocycles. The summed E-state index contributed by atoms with van der Waals surface area (Å²) in [6, 6.07) is 11.1. The number of hydrogen-bond acceptors (Lipinski definition) is 6. The lowest BCUT2D eigenvalue weighted by molar-refractivity contribution is -0.119. The molecule has 2 aliphatic heterocycles. The summed E-state index contributed by atoms with van der Waals surface area (Å²) in [7, 11) is 0. The van der Waals surface area contributed by atoms with Gasteiger partial charge in [0.05, 0.1) is 30.8 Å². The topological polar surface area (TPSA) is 81.5 Å². The van der Waals surface area contributed by atoms with Crippen molar-refractivity contribution in [2.24, 2.45) is 5.92 Å². The monoisotopic (exact) mass is 447 g/mol. The Morgan fingerprint density at radius 2 is 1.97 bits per heavy atom. The van der Waals surface area contributed by atoms with Gasteiger partial charge in [0, 0.05) is 49.3 Å². The number of carbonyl (C=O) groups excluding carboxylic acids is 1. The molecule has 0 radical (unpaired) electrons. The first-order chi connectivity index (χ1) is 16.2. The van der Waals surface area contributed by atoms with Crippen LogP contribution in [0.4, 0.5) is 5.69 Å². The number of ether oxygens (including phenoxy) is 2. The van der Waals surface area contributed by atoms with Crippen molar-refractivity contribution < 1.29 is 14.3 Å². The van der Waals surface area contributed by atoms with Gasteiger partial charge >= 0.3 is 0 Å². The lowest BCUT2D eigenvalue weighted by Gasteiger charge is -2.28. The van der Waals surface area contributed by atoms with Gasteiger partial charge in [0.1, 0.15) is 11.6 Å². The fraction of sp³-hybridized carbons (Fsp3) is 0.480. The summed E-state index contributed by atoms with van der Waals surface area (Å²) >= 11 is 0. The van der Waals surface area contributed by atoms with Crippen LogP contribution < -0.4 is 15.0 Å². The van der Waals surface area contributed by atoms with Gasteiger partial charge in [0.25, 0.3) is 0 Å². The molecule has 0 spiro atoms. The molecule has 3 fully saturated rings. The maximum atomic E-state index is 11.7. The van der Waals surface area contributed by atoms with Crippen molar-refractivity contribution in [3.05, 3.63) is 36.7 Å². The molecule has 4 heterocycles. The molecule has 6 rings (SSSR count). The molecule has 33 heavy (non-hydrogen) atoms. The van der Waals surface area contributed by atoms with E-state index in [0.717, 1.165) is 61.4 Å². The molecule has 0 bridgehead atoms. The predicted octanol–water partition coefficient (Wildman–Crippen LogP) is 3.17. The molecule has 2 unspecified atom stereocenters. The molecular weight excluding hydrogens is 418 g/mol. The van der Waals surface area contributed by atoms with Gasteiger partial charge in [-0.15, -0.1) is 0 Å². The highest BCUT2D eigenvalue weighted by molar-refractivity contribution is 5.85. The van der Waals surface area contributed by atoms with E-state index < -0.39 is 0 Å². The third-order valence-electron chi connectivity index (χ3n) is 6.97. The Labute approximate surface area is 192 Å². The first-order valence-corrected chi connectivity index (χ1v) is 11.9. The molecule has 2 atom stereocenters. The lowest BCUT2D eigenvalue weighted by atomic mass is 10.0. The number of fused-ring (bicyclic) bond motifs is 1. The number of aromatic nitrogens is 3. The molecule has 1 aliphatic carbocycles. The Morgan fingerprint density at radius 1 is 1.18 bits per heavy atom. The predicted molar refractivity (Wildman–Crippen MR) is 125 cm³/mol. The largest absolute Gasteiger partial charge is 0.473 e. The fourth-order valence-corrected chi connectivity index (χ4v) is 4.78. The minimum atomic E-state index is -0.124. The number of amides is 1. The highest BCUT2D eigenvalue weighted by Crippen LogP contribution is 2.40. The zero-order chi connectivity index (χ0) is 22.4. The lowest BCUT2D eigenvalue weighted by Crippen LogP contribution is -2.36. The van der Waals surface area contributed by atoms with E-state index in [1.807, 2.05) is 13.3 Å². The average Bonchev–Trinajstić information content (AvgIpc) is 3.45. The third kappa shape index (κ3) is 4.04. The van der Waals surface area contributed by atoms with Crippen LogP contribution in [0.1, 0.15) is 32.2 Å². The van der Waals surface area contributed by atoms with Crippen molar-refractivity contribution in [3.63, 3.8) is 0 Å². The molecule has 2 saturated heterocycles. The van der Waals surface area contributed by atoms with Gasteiger partial charge in [-0.25, -0.2) is 9.97 Å². The van der Waals surface area contributed by atoms with Crippen LogP contribution in [-0.2, 0) is 9.53 Å². The molecule has 1 saturated carbocycles. The summed E-state index contributed by atoms with van der Waals surface area (Å²) in [5.41, 5.74) is 4.93. The molecule has 172 valence electrons.